The van der Waals surface area contributed by atoms with Crippen LogP contribution >= 0.6 is 0 Å². The number of hydrogen-bond acceptors (Lipinski definition) is 5. The van der Waals surface area contributed by atoms with Gasteiger partial charge in [0.15, 0.2) is 12.0 Å². The van der Waals surface area contributed by atoms with Crippen LogP contribution in [0.15, 0.2) is 6.33 Å². The van der Waals surface area contributed by atoms with Crippen molar-refractivity contribution in [1.29, 1.82) is 0 Å². The van der Waals surface area contributed by atoms with Crippen LogP contribution in [-0.4, -0.2) is 29.5 Å². The van der Waals surface area contributed by atoms with E-state index < -0.39 is 0 Å². The molecule has 1 aromatic rings. The maximum Gasteiger partial charge on any atom is 0.261 e. The summed E-state index contributed by atoms with van der Waals surface area (Å²) in [5, 5.41) is 0. The number of aromatic nitrogens is 2. The van der Waals surface area contributed by atoms with Crippen LogP contribution in [0.2, 0.25) is 0 Å². The van der Waals surface area contributed by atoms with Crippen LogP contribution in [0.4, 0.5) is 0 Å². The van der Waals surface area contributed by atoms with Crippen molar-refractivity contribution < 1.29 is 14.3 Å². The fraction of sp³-hybridized carbons (Fsp3) is 0.286. The molecular weight excluding hydrogens is 160 g/mol. The van der Waals surface area contributed by atoms with Gasteiger partial charge in [0, 0.05) is 0 Å². The zero-order chi connectivity index (χ0) is 8.39. The second-order valence-corrected chi connectivity index (χ2v) is 2.21. The third kappa shape index (κ3) is 0.990. The molecule has 0 fully saturated rings. The molecule has 2 rings (SSSR count). The standard InChI is InChI=1S/C7H6N2O3/c10-3-5-6-7(9-4-8-5)12-2-1-11-6/h3-4H,1-2H2. The van der Waals surface area contributed by atoms with Crippen LogP contribution in [0, 0.1) is 0 Å². The lowest BCUT2D eigenvalue weighted by Gasteiger charge is -2.16. The van der Waals surface area contributed by atoms with Gasteiger partial charge in [-0.05, 0) is 0 Å². The Balaban J connectivity index is 2.51. The normalized spacial score (nSPS) is 14.0. The molecule has 62 valence electrons. The number of ether oxygens (including phenoxy) is 2. The van der Waals surface area contributed by atoms with E-state index in [1.165, 1.54) is 6.33 Å². The van der Waals surface area contributed by atoms with Crippen molar-refractivity contribution in [1.82, 2.24) is 9.97 Å². The molecule has 0 saturated heterocycles. The van der Waals surface area contributed by atoms with Gasteiger partial charge in [-0.1, -0.05) is 0 Å². The Morgan fingerprint density at radius 3 is 3.00 bits per heavy atom. The first-order chi connectivity index (χ1) is 5.92. The zero-order valence-corrected chi connectivity index (χ0v) is 6.19. The van der Waals surface area contributed by atoms with Crippen molar-refractivity contribution in [3.05, 3.63) is 12.0 Å². The smallest absolute Gasteiger partial charge is 0.261 e. The van der Waals surface area contributed by atoms with Gasteiger partial charge < -0.3 is 9.47 Å². The fourth-order valence-electron chi connectivity index (χ4n) is 0.975. The molecule has 0 saturated carbocycles. The quantitative estimate of drug-likeness (QED) is 0.552. The van der Waals surface area contributed by atoms with Gasteiger partial charge in [0.1, 0.15) is 19.5 Å². The van der Waals surface area contributed by atoms with Crippen molar-refractivity contribution >= 4 is 6.29 Å². The molecule has 5 nitrogen and oxygen atoms in total. The van der Waals surface area contributed by atoms with Crippen molar-refractivity contribution in [3.8, 4) is 11.6 Å². The molecular formula is C7H6N2O3. The molecule has 0 amide bonds. The minimum atomic E-state index is 0.236. The minimum Gasteiger partial charge on any atom is -0.483 e. The fourth-order valence-corrected chi connectivity index (χ4v) is 0.975. The molecule has 5 heteroatoms. The van der Waals surface area contributed by atoms with E-state index in [1.807, 2.05) is 0 Å². The monoisotopic (exact) mass is 166 g/mol. The first kappa shape index (κ1) is 7.02. The summed E-state index contributed by atoms with van der Waals surface area (Å²) in [6.07, 6.45) is 1.90. The highest BCUT2D eigenvalue weighted by Gasteiger charge is 2.17. The summed E-state index contributed by atoms with van der Waals surface area (Å²) >= 11 is 0. The summed E-state index contributed by atoms with van der Waals surface area (Å²) in [6, 6.07) is 0. The lowest BCUT2D eigenvalue weighted by atomic mass is 10.4. The van der Waals surface area contributed by atoms with Crippen LogP contribution in [0.1, 0.15) is 10.5 Å². The van der Waals surface area contributed by atoms with E-state index in [9.17, 15) is 4.79 Å². The van der Waals surface area contributed by atoms with Gasteiger partial charge in [-0.25, -0.2) is 4.98 Å². The van der Waals surface area contributed by atoms with Gasteiger partial charge in [0.25, 0.3) is 5.88 Å². The van der Waals surface area contributed by atoms with Gasteiger partial charge in [0.05, 0.1) is 0 Å². The highest BCUT2D eigenvalue weighted by atomic mass is 16.6. The summed E-state index contributed by atoms with van der Waals surface area (Å²) in [5.41, 5.74) is 0.236. The van der Waals surface area contributed by atoms with Crippen LogP contribution in [-0.2, 0) is 0 Å². The largest absolute Gasteiger partial charge is 0.483 e. The Morgan fingerprint density at radius 2 is 2.17 bits per heavy atom. The lowest BCUT2D eigenvalue weighted by molar-refractivity contribution is 0.110. The van der Waals surface area contributed by atoms with E-state index >= 15 is 0 Å². The maximum absolute atomic E-state index is 10.5. The van der Waals surface area contributed by atoms with Crippen molar-refractivity contribution in [2.24, 2.45) is 0 Å². The van der Waals surface area contributed by atoms with E-state index in [1.54, 1.807) is 0 Å². The molecule has 0 spiro atoms. The van der Waals surface area contributed by atoms with Gasteiger partial charge >= 0.3 is 0 Å². The Hall–Kier alpha value is -1.65. The predicted octanol–water partition coefficient (Wildman–Crippen LogP) is 0.0603. The summed E-state index contributed by atoms with van der Waals surface area (Å²) in [7, 11) is 0. The SMILES string of the molecule is O=Cc1ncnc2c1OCCO2. The maximum atomic E-state index is 10.5. The van der Waals surface area contributed by atoms with E-state index in [0.717, 1.165) is 0 Å². The van der Waals surface area contributed by atoms with Crippen LogP contribution in [0.25, 0.3) is 0 Å². The molecule has 0 unspecified atom stereocenters. The van der Waals surface area contributed by atoms with E-state index in [4.69, 9.17) is 9.47 Å². The lowest BCUT2D eigenvalue weighted by Crippen LogP contribution is -2.18. The van der Waals surface area contributed by atoms with Crippen molar-refractivity contribution in [2.75, 3.05) is 13.2 Å². The summed E-state index contributed by atoms with van der Waals surface area (Å²) in [5.74, 6) is 0.692. The zero-order valence-electron chi connectivity index (χ0n) is 6.19. The number of nitrogens with zero attached hydrogens (tertiary/aromatic N) is 2. The number of carbonyl (C=O) groups excluding carboxylic acids is 1. The summed E-state index contributed by atoms with van der Waals surface area (Å²) < 4.78 is 10.3. The Labute approximate surface area is 68.3 Å². The highest BCUT2D eigenvalue weighted by Crippen LogP contribution is 2.28. The summed E-state index contributed by atoms with van der Waals surface area (Å²) in [4.78, 5) is 18.0. The number of fused-ring (bicyclic) bond motifs is 1. The minimum absolute atomic E-state index is 0.236. The third-order valence-electron chi connectivity index (χ3n) is 1.48. The molecule has 0 atom stereocenters. The molecule has 12 heavy (non-hydrogen) atoms. The third-order valence-corrected chi connectivity index (χ3v) is 1.48. The molecule has 2 heterocycles. The Bertz CT molecular complexity index is 314. The van der Waals surface area contributed by atoms with E-state index in [-0.39, 0.29) is 5.69 Å². The second kappa shape index (κ2) is 2.77. The molecule has 0 radical (unpaired) electrons. The summed E-state index contributed by atoms with van der Waals surface area (Å²) in [6.45, 7) is 0.892. The van der Waals surface area contributed by atoms with Crippen LogP contribution in [0.3, 0.4) is 0 Å². The molecule has 0 aromatic carbocycles. The van der Waals surface area contributed by atoms with Gasteiger partial charge in [0.2, 0.25) is 5.75 Å². The molecule has 1 aromatic heterocycles. The number of rotatable bonds is 1. The molecule has 0 N–H and O–H groups in total. The average Bonchev–Trinajstić information content (AvgIpc) is 2.17. The average molecular weight is 166 g/mol. The van der Waals surface area contributed by atoms with Crippen molar-refractivity contribution in [3.63, 3.8) is 0 Å². The molecule has 0 bridgehead atoms. The second-order valence-electron chi connectivity index (χ2n) is 2.21. The van der Waals surface area contributed by atoms with Crippen molar-refractivity contribution in [2.45, 2.75) is 0 Å². The molecule has 1 aliphatic heterocycles. The first-order valence-electron chi connectivity index (χ1n) is 3.47. The van der Waals surface area contributed by atoms with E-state index in [0.29, 0.717) is 31.1 Å². The molecule has 1 aliphatic rings. The predicted molar refractivity (Wildman–Crippen MR) is 38.4 cm³/mol. The van der Waals surface area contributed by atoms with Gasteiger partial charge in [-0.3, -0.25) is 4.79 Å². The van der Waals surface area contributed by atoms with Gasteiger partial charge in [-0.15, -0.1) is 0 Å². The number of carbonyl (C=O) groups is 1. The number of hydrogen-bond donors (Lipinski definition) is 0. The Morgan fingerprint density at radius 1 is 1.33 bits per heavy atom. The topological polar surface area (TPSA) is 61.3 Å². The molecule has 0 aliphatic carbocycles. The highest BCUT2D eigenvalue weighted by molar-refractivity contribution is 5.77. The first-order valence-corrected chi connectivity index (χ1v) is 3.47. The van der Waals surface area contributed by atoms with E-state index in [2.05, 4.69) is 9.97 Å². The number of aldehydes is 1. The van der Waals surface area contributed by atoms with Crippen LogP contribution < -0.4 is 9.47 Å². The van der Waals surface area contributed by atoms with Crippen LogP contribution in [0.5, 0.6) is 11.6 Å². The Kier molecular flexibility index (Phi) is 1.62. The van der Waals surface area contributed by atoms with Gasteiger partial charge in [-0.2, -0.15) is 4.98 Å².